The summed E-state index contributed by atoms with van der Waals surface area (Å²) in [6.45, 7) is 1.85. The second-order valence-corrected chi connectivity index (χ2v) is 6.87. The van der Waals surface area contributed by atoms with E-state index in [0.717, 1.165) is 5.69 Å². The minimum atomic E-state index is -3.51. The molecule has 0 atom stereocenters. The highest BCUT2D eigenvalue weighted by atomic mass is 35.7. The fourth-order valence-electron chi connectivity index (χ4n) is 1.52. The monoisotopic (exact) mass is 246 g/mol. The van der Waals surface area contributed by atoms with Gasteiger partial charge in [-0.2, -0.15) is 0 Å². The van der Waals surface area contributed by atoms with Gasteiger partial charge in [0.25, 0.3) is 0 Å². The van der Waals surface area contributed by atoms with Gasteiger partial charge in [0.2, 0.25) is 9.05 Å². The summed E-state index contributed by atoms with van der Waals surface area (Å²) in [5.41, 5.74) is 0.836. The van der Waals surface area contributed by atoms with Crippen molar-refractivity contribution in [2.75, 3.05) is 0 Å². The van der Waals surface area contributed by atoms with Gasteiger partial charge in [0.05, 0.1) is 4.75 Å². The largest absolute Gasteiger partial charge is 0.241 e. The van der Waals surface area contributed by atoms with Gasteiger partial charge in [0, 0.05) is 29.0 Å². The molecule has 1 aromatic rings. The molecular weight excluding hydrogens is 236 g/mol. The van der Waals surface area contributed by atoms with E-state index in [1.807, 2.05) is 6.92 Å². The molecule has 1 heterocycles. The number of aryl methyl sites for hydroxylation is 1. The third-order valence-electron chi connectivity index (χ3n) is 2.65. The Labute approximate surface area is 93.1 Å². The Kier molecular flexibility index (Phi) is 2.47. The lowest BCUT2D eigenvalue weighted by Crippen LogP contribution is -2.22. The Hall–Kier alpha value is -0.680. The lowest BCUT2D eigenvalue weighted by molar-refractivity contribution is 0.587. The molecule has 1 aliphatic carbocycles. The number of nitrogens with zero attached hydrogens (tertiary/aromatic N) is 2. The number of rotatable bonds is 3. The summed E-state index contributed by atoms with van der Waals surface area (Å²) < 4.78 is 21.8. The molecule has 15 heavy (non-hydrogen) atoms. The fourth-order valence-corrected chi connectivity index (χ4v) is 3.04. The molecule has 82 valence electrons. The molecule has 0 spiro atoms. The molecule has 1 aliphatic rings. The molecule has 1 aromatic heterocycles. The molecule has 1 fully saturated rings. The molecule has 0 N–H and O–H groups in total. The number of hydrogen-bond donors (Lipinski definition) is 0. The van der Waals surface area contributed by atoms with Crippen molar-refractivity contribution in [3.63, 3.8) is 0 Å². The topological polar surface area (TPSA) is 59.9 Å². The van der Waals surface area contributed by atoms with Crippen LogP contribution in [0.1, 0.15) is 24.4 Å². The Morgan fingerprint density at radius 2 is 2.20 bits per heavy atom. The van der Waals surface area contributed by atoms with Crippen molar-refractivity contribution in [2.45, 2.75) is 30.9 Å². The van der Waals surface area contributed by atoms with Crippen LogP contribution in [0.5, 0.6) is 0 Å². The third kappa shape index (κ3) is 2.13. The second kappa shape index (κ2) is 3.42. The zero-order chi connectivity index (χ0) is 11.1. The molecule has 6 heteroatoms. The van der Waals surface area contributed by atoms with Gasteiger partial charge < -0.3 is 0 Å². The highest BCUT2D eigenvalue weighted by Crippen LogP contribution is 2.47. The van der Waals surface area contributed by atoms with Crippen LogP contribution in [0.4, 0.5) is 0 Å². The van der Waals surface area contributed by atoms with Crippen molar-refractivity contribution in [1.29, 1.82) is 0 Å². The van der Waals surface area contributed by atoms with Crippen LogP contribution in [-0.2, 0) is 15.5 Å². The van der Waals surface area contributed by atoms with E-state index >= 15 is 0 Å². The van der Waals surface area contributed by atoms with E-state index in [9.17, 15) is 8.42 Å². The SMILES string of the molecule is Cc1ccnc(CC2(S(=O)(=O)Cl)CC2)n1. The molecule has 0 unspecified atom stereocenters. The lowest BCUT2D eigenvalue weighted by atomic mass is 10.2. The highest BCUT2D eigenvalue weighted by Gasteiger charge is 2.54. The Bertz CT molecular complexity index is 483. The molecule has 0 aromatic carbocycles. The van der Waals surface area contributed by atoms with E-state index in [-0.39, 0.29) is 0 Å². The van der Waals surface area contributed by atoms with Gasteiger partial charge in [-0.25, -0.2) is 18.4 Å². The first kappa shape index (κ1) is 10.8. The molecule has 2 rings (SSSR count). The molecule has 1 saturated carbocycles. The van der Waals surface area contributed by atoms with Gasteiger partial charge in [-0.15, -0.1) is 0 Å². The third-order valence-corrected chi connectivity index (χ3v) is 5.22. The van der Waals surface area contributed by atoms with Gasteiger partial charge >= 0.3 is 0 Å². The van der Waals surface area contributed by atoms with Crippen LogP contribution in [0.3, 0.4) is 0 Å². The Balaban J connectivity index is 2.24. The van der Waals surface area contributed by atoms with E-state index in [1.54, 1.807) is 12.3 Å². The summed E-state index contributed by atoms with van der Waals surface area (Å²) in [6.07, 6.45) is 3.17. The summed E-state index contributed by atoms with van der Waals surface area (Å²) in [4.78, 5) is 8.22. The highest BCUT2D eigenvalue weighted by molar-refractivity contribution is 8.15. The number of halogens is 1. The summed E-state index contributed by atoms with van der Waals surface area (Å²) >= 11 is 0. The van der Waals surface area contributed by atoms with Crippen molar-refractivity contribution >= 4 is 19.7 Å². The smallest absolute Gasteiger partial charge is 0.238 e. The van der Waals surface area contributed by atoms with E-state index in [1.165, 1.54) is 0 Å². The normalized spacial score (nSPS) is 18.8. The van der Waals surface area contributed by atoms with Crippen LogP contribution < -0.4 is 0 Å². The number of hydrogen-bond acceptors (Lipinski definition) is 4. The molecular formula is C9H11ClN2O2S. The fraction of sp³-hybridized carbons (Fsp3) is 0.556. The molecule has 0 aliphatic heterocycles. The average Bonchev–Trinajstić information content (AvgIpc) is 2.84. The van der Waals surface area contributed by atoms with Crippen molar-refractivity contribution in [3.05, 3.63) is 23.8 Å². The van der Waals surface area contributed by atoms with Crippen LogP contribution >= 0.6 is 10.7 Å². The molecule has 0 radical (unpaired) electrons. The lowest BCUT2D eigenvalue weighted by Gasteiger charge is -2.09. The standard InChI is InChI=1S/C9H11ClN2O2S/c1-7-2-5-11-8(12-7)6-9(3-4-9)15(10,13)14/h2,5H,3-4,6H2,1H3. The second-order valence-electron chi connectivity index (χ2n) is 3.91. The maximum atomic E-state index is 11.3. The predicted octanol–water partition coefficient (Wildman–Crippen LogP) is 1.43. The molecule has 0 saturated heterocycles. The zero-order valence-corrected chi connectivity index (χ0v) is 9.85. The van der Waals surface area contributed by atoms with Crippen LogP contribution in [0.2, 0.25) is 0 Å². The maximum Gasteiger partial charge on any atom is 0.238 e. The molecule has 0 bridgehead atoms. The van der Waals surface area contributed by atoms with E-state index in [4.69, 9.17) is 10.7 Å². The summed E-state index contributed by atoms with van der Waals surface area (Å²) in [5.74, 6) is 0.553. The minimum Gasteiger partial charge on any atom is -0.241 e. The quantitative estimate of drug-likeness (QED) is 0.757. The molecule has 4 nitrogen and oxygen atoms in total. The van der Waals surface area contributed by atoms with Crippen LogP contribution in [0, 0.1) is 6.92 Å². The van der Waals surface area contributed by atoms with E-state index < -0.39 is 13.8 Å². The van der Waals surface area contributed by atoms with Crippen molar-refractivity contribution in [3.8, 4) is 0 Å². The first-order valence-electron chi connectivity index (χ1n) is 4.66. The average molecular weight is 247 g/mol. The predicted molar refractivity (Wildman–Crippen MR) is 57.2 cm³/mol. The van der Waals surface area contributed by atoms with Crippen molar-refractivity contribution in [1.82, 2.24) is 9.97 Å². The zero-order valence-electron chi connectivity index (χ0n) is 8.27. The first-order chi connectivity index (χ1) is 6.93. The molecule has 0 amide bonds. The van der Waals surface area contributed by atoms with Gasteiger partial charge in [-0.3, -0.25) is 0 Å². The van der Waals surface area contributed by atoms with Gasteiger partial charge in [-0.1, -0.05) is 0 Å². The summed E-state index contributed by atoms with van der Waals surface area (Å²) in [6, 6.07) is 1.78. The van der Waals surface area contributed by atoms with Gasteiger partial charge in [0.1, 0.15) is 5.82 Å². The van der Waals surface area contributed by atoms with E-state index in [2.05, 4.69) is 9.97 Å². The Morgan fingerprint density at radius 3 is 2.67 bits per heavy atom. The van der Waals surface area contributed by atoms with Crippen LogP contribution in [-0.4, -0.2) is 23.1 Å². The summed E-state index contributed by atoms with van der Waals surface area (Å²) in [5, 5.41) is 0. The van der Waals surface area contributed by atoms with Gasteiger partial charge in [0.15, 0.2) is 0 Å². The number of aromatic nitrogens is 2. The van der Waals surface area contributed by atoms with E-state index in [0.29, 0.717) is 25.1 Å². The van der Waals surface area contributed by atoms with Gasteiger partial charge in [-0.05, 0) is 25.8 Å². The van der Waals surface area contributed by atoms with Crippen LogP contribution in [0.25, 0.3) is 0 Å². The van der Waals surface area contributed by atoms with Crippen molar-refractivity contribution in [2.24, 2.45) is 0 Å². The summed E-state index contributed by atoms with van der Waals surface area (Å²) in [7, 11) is 1.88. The van der Waals surface area contributed by atoms with Crippen molar-refractivity contribution < 1.29 is 8.42 Å². The Morgan fingerprint density at radius 1 is 1.53 bits per heavy atom. The maximum absolute atomic E-state index is 11.3. The minimum absolute atomic E-state index is 0.320. The first-order valence-corrected chi connectivity index (χ1v) is 6.97. The van der Waals surface area contributed by atoms with Crippen LogP contribution in [0.15, 0.2) is 12.3 Å².